The second kappa shape index (κ2) is 7.42. The third kappa shape index (κ3) is 4.59. The standard InChI is InChI=1S/C15H21N5O/c1-3-6-17-14-5-4-13(9-18-14)15(21)19-12(2)10-20-8-7-16-11-20/h4-5,7-9,11-12H,3,6,10H2,1-2H3,(H,17,18)(H,19,21). The number of aromatic nitrogens is 3. The van der Waals surface area contributed by atoms with Crippen LogP contribution < -0.4 is 10.6 Å². The highest BCUT2D eigenvalue weighted by atomic mass is 16.1. The van der Waals surface area contributed by atoms with Crippen molar-refractivity contribution in [1.29, 1.82) is 0 Å². The van der Waals surface area contributed by atoms with Crippen molar-refractivity contribution in [2.75, 3.05) is 11.9 Å². The first kappa shape index (κ1) is 15.0. The Morgan fingerprint density at radius 3 is 2.90 bits per heavy atom. The van der Waals surface area contributed by atoms with Crippen molar-refractivity contribution < 1.29 is 4.79 Å². The Kier molecular flexibility index (Phi) is 5.31. The molecule has 6 nitrogen and oxygen atoms in total. The summed E-state index contributed by atoms with van der Waals surface area (Å²) >= 11 is 0. The number of carbonyl (C=O) groups excluding carboxylic acids is 1. The number of hydrogen-bond donors (Lipinski definition) is 2. The molecule has 0 fully saturated rings. The summed E-state index contributed by atoms with van der Waals surface area (Å²) < 4.78 is 1.93. The molecule has 0 bridgehead atoms. The van der Waals surface area contributed by atoms with E-state index in [0.717, 1.165) is 18.8 Å². The molecule has 0 aliphatic heterocycles. The Balaban J connectivity index is 1.87. The molecule has 2 aromatic heterocycles. The van der Waals surface area contributed by atoms with E-state index in [4.69, 9.17) is 0 Å². The van der Waals surface area contributed by atoms with Gasteiger partial charge in [0, 0.05) is 37.7 Å². The zero-order valence-corrected chi connectivity index (χ0v) is 12.4. The second-order valence-electron chi connectivity index (χ2n) is 4.99. The molecule has 6 heteroatoms. The van der Waals surface area contributed by atoms with Gasteiger partial charge in [-0.2, -0.15) is 0 Å². The molecule has 2 N–H and O–H groups in total. The van der Waals surface area contributed by atoms with Crippen molar-refractivity contribution in [3.63, 3.8) is 0 Å². The highest BCUT2D eigenvalue weighted by Gasteiger charge is 2.10. The predicted molar refractivity (Wildman–Crippen MR) is 82.2 cm³/mol. The average Bonchev–Trinajstić information content (AvgIpc) is 2.98. The lowest BCUT2D eigenvalue weighted by atomic mass is 10.2. The Morgan fingerprint density at radius 1 is 1.43 bits per heavy atom. The van der Waals surface area contributed by atoms with Gasteiger partial charge in [-0.05, 0) is 25.5 Å². The third-order valence-electron chi connectivity index (χ3n) is 3.00. The molecule has 0 aliphatic carbocycles. The van der Waals surface area contributed by atoms with Gasteiger partial charge in [-0.25, -0.2) is 9.97 Å². The topological polar surface area (TPSA) is 71.8 Å². The highest BCUT2D eigenvalue weighted by Crippen LogP contribution is 2.05. The highest BCUT2D eigenvalue weighted by molar-refractivity contribution is 5.94. The van der Waals surface area contributed by atoms with E-state index in [1.54, 1.807) is 24.8 Å². The smallest absolute Gasteiger partial charge is 0.253 e. The molecule has 0 saturated heterocycles. The SMILES string of the molecule is CCCNc1ccc(C(=O)NC(C)Cn2ccnc2)cn1. The Bertz CT molecular complexity index is 550. The fourth-order valence-corrected chi connectivity index (χ4v) is 1.95. The number of nitrogens with zero attached hydrogens (tertiary/aromatic N) is 3. The minimum atomic E-state index is -0.114. The fourth-order valence-electron chi connectivity index (χ4n) is 1.95. The second-order valence-corrected chi connectivity index (χ2v) is 4.99. The van der Waals surface area contributed by atoms with Crippen LogP contribution in [0.1, 0.15) is 30.6 Å². The van der Waals surface area contributed by atoms with Crippen LogP contribution in [-0.2, 0) is 6.54 Å². The Hall–Kier alpha value is -2.37. The Morgan fingerprint density at radius 2 is 2.29 bits per heavy atom. The van der Waals surface area contributed by atoms with Crippen molar-refractivity contribution in [3.05, 3.63) is 42.6 Å². The first-order chi connectivity index (χ1) is 10.2. The van der Waals surface area contributed by atoms with Gasteiger partial charge in [-0.3, -0.25) is 4.79 Å². The van der Waals surface area contributed by atoms with Crippen LogP contribution in [0.3, 0.4) is 0 Å². The largest absolute Gasteiger partial charge is 0.370 e. The number of amides is 1. The maximum Gasteiger partial charge on any atom is 0.253 e. The molecule has 21 heavy (non-hydrogen) atoms. The lowest BCUT2D eigenvalue weighted by Gasteiger charge is -2.14. The summed E-state index contributed by atoms with van der Waals surface area (Å²) in [6, 6.07) is 3.62. The van der Waals surface area contributed by atoms with Gasteiger partial charge < -0.3 is 15.2 Å². The van der Waals surface area contributed by atoms with E-state index in [1.807, 2.05) is 23.8 Å². The predicted octanol–water partition coefficient (Wildman–Crippen LogP) is 1.92. The van der Waals surface area contributed by atoms with E-state index in [1.165, 1.54) is 0 Å². The van der Waals surface area contributed by atoms with Crippen LogP contribution in [0.4, 0.5) is 5.82 Å². The summed E-state index contributed by atoms with van der Waals surface area (Å²) in [6.45, 7) is 5.62. The summed E-state index contributed by atoms with van der Waals surface area (Å²) in [5, 5.41) is 6.13. The molecule has 0 spiro atoms. The van der Waals surface area contributed by atoms with E-state index in [9.17, 15) is 4.79 Å². The minimum Gasteiger partial charge on any atom is -0.370 e. The first-order valence-corrected chi connectivity index (χ1v) is 7.15. The van der Waals surface area contributed by atoms with Crippen molar-refractivity contribution in [2.45, 2.75) is 32.9 Å². The van der Waals surface area contributed by atoms with Gasteiger partial charge in [0.1, 0.15) is 5.82 Å². The molecule has 1 amide bonds. The lowest BCUT2D eigenvalue weighted by Crippen LogP contribution is -2.35. The van der Waals surface area contributed by atoms with Crippen LogP contribution >= 0.6 is 0 Å². The van der Waals surface area contributed by atoms with Crippen LogP contribution in [0.2, 0.25) is 0 Å². The molecule has 2 heterocycles. The maximum atomic E-state index is 12.1. The molecule has 1 unspecified atom stereocenters. The van der Waals surface area contributed by atoms with Gasteiger partial charge in [-0.15, -0.1) is 0 Å². The van der Waals surface area contributed by atoms with Crippen LogP contribution in [0.25, 0.3) is 0 Å². The Labute approximate surface area is 124 Å². The van der Waals surface area contributed by atoms with E-state index in [2.05, 4.69) is 27.5 Å². The van der Waals surface area contributed by atoms with Crippen LogP contribution in [0.15, 0.2) is 37.1 Å². The summed E-state index contributed by atoms with van der Waals surface area (Å²) in [4.78, 5) is 20.3. The number of hydrogen-bond acceptors (Lipinski definition) is 4. The van der Waals surface area contributed by atoms with Crippen molar-refractivity contribution in [2.24, 2.45) is 0 Å². The minimum absolute atomic E-state index is 0.0181. The number of carbonyl (C=O) groups is 1. The fraction of sp³-hybridized carbons (Fsp3) is 0.400. The van der Waals surface area contributed by atoms with Gasteiger partial charge in [-0.1, -0.05) is 6.92 Å². The van der Waals surface area contributed by atoms with Crippen molar-refractivity contribution in [1.82, 2.24) is 19.9 Å². The number of rotatable bonds is 7. The molecule has 0 aromatic carbocycles. The van der Waals surface area contributed by atoms with Gasteiger partial charge >= 0.3 is 0 Å². The molecule has 2 aromatic rings. The molecule has 0 radical (unpaired) electrons. The molecule has 112 valence electrons. The third-order valence-corrected chi connectivity index (χ3v) is 3.00. The number of nitrogens with one attached hydrogen (secondary N) is 2. The summed E-state index contributed by atoms with van der Waals surface area (Å²) in [5.74, 6) is 0.678. The maximum absolute atomic E-state index is 12.1. The molecule has 0 saturated carbocycles. The summed E-state index contributed by atoms with van der Waals surface area (Å²) in [5.41, 5.74) is 0.564. The van der Waals surface area contributed by atoms with Crippen LogP contribution in [0.5, 0.6) is 0 Å². The van der Waals surface area contributed by atoms with Gasteiger partial charge in [0.05, 0.1) is 11.9 Å². The quantitative estimate of drug-likeness (QED) is 0.816. The van der Waals surface area contributed by atoms with E-state index >= 15 is 0 Å². The summed E-state index contributed by atoms with van der Waals surface area (Å²) in [7, 11) is 0. The number of imidazole rings is 1. The normalized spacial score (nSPS) is 11.9. The van der Waals surface area contributed by atoms with Crippen molar-refractivity contribution in [3.8, 4) is 0 Å². The van der Waals surface area contributed by atoms with Gasteiger partial charge in [0.25, 0.3) is 5.91 Å². The van der Waals surface area contributed by atoms with E-state index in [0.29, 0.717) is 12.1 Å². The molecular formula is C15H21N5O. The monoisotopic (exact) mass is 287 g/mol. The van der Waals surface area contributed by atoms with Gasteiger partial charge in [0.2, 0.25) is 0 Å². The summed E-state index contributed by atoms with van der Waals surface area (Å²) in [6.07, 6.45) is 7.96. The van der Waals surface area contributed by atoms with E-state index in [-0.39, 0.29) is 11.9 Å². The van der Waals surface area contributed by atoms with Gasteiger partial charge in [0.15, 0.2) is 0 Å². The van der Waals surface area contributed by atoms with Crippen LogP contribution in [0, 0.1) is 0 Å². The molecule has 2 rings (SSSR count). The average molecular weight is 287 g/mol. The zero-order chi connectivity index (χ0) is 15.1. The molecular weight excluding hydrogens is 266 g/mol. The zero-order valence-electron chi connectivity index (χ0n) is 12.4. The van der Waals surface area contributed by atoms with E-state index < -0.39 is 0 Å². The lowest BCUT2D eigenvalue weighted by molar-refractivity contribution is 0.0936. The number of anilines is 1. The van der Waals surface area contributed by atoms with Crippen LogP contribution in [-0.4, -0.2) is 33.0 Å². The first-order valence-electron chi connectivity index (χ1n) is 7.15. The van der Waals surface area contributed by atoms with Crippen molar-refractivity contribution >= 4 is 11.7 Å². The molecule has 0 aliphatic rings. The number of pyridine rings is 1. The molecule has 1 atom stereocenters.